The minimum absolute atomic E-state index is 0.274. The van der Waals surface area contributed by atoms with Crippen LogP contribution in [0.2, 0.25) is 0 Å². The number of esters is 2. The standard InChI is InChI=1S/C28H31O4S/c1-27(2,3)28(4,5)26(30)31-20-25(29)32-21-16-18-24(19-17-21)33(22-12-8-6-9-13-22)23-14-10-7-11-15-23/h6-19H,20H2,1-5H3/q+1. The number of benzene rings is 3. The molecule has 0 radical (unpaired) electrons. The van der Waals surface area contributed by atoms with Crippen molar-refractivity contribution >= 4 is 22.8 Å². The smallest absolute Gasteiger partial charge is 0.349 e. The first-order valence-corrected chi connectivity index (χ1v) is 12.1. The summed E-state index contributed by atoms with van der Waals surface area (Å²) in [5.74, 6) is -0.609. The van der Waals surface area contributed by atoms with E-state index in [-0.39, 0.29) is 16.3 Å². The summed E-state index contributed by atoms with van der Waals surface area (Å²) in [4.78, 5) is 28.2. The molecule has 4 nitrogen and oxygen atoms in total. The van der Waals surface area contributed by atoms with E-state index in [1.807, 2.05) is 83.1 Å². The molecule has 33 heavy (non-hydrogen) atoms. The topological polar surface area (TPSA) is 52.6 Å². The minimum atomic E-state index is -0.722. The van der Waals surface area contributed by atoms with Crippen LogP contribution in [-0.2, 0) is 25.2 Å². The van der Waals surface area contributed by atoms with Gasteiger partial charge in [-0.2, -0.15) is 0 Å². The zero-order valence-electron chi connectivity index (χ0n) is 19.8. The third kappa shape index (κ3) is 6.05. The highest BCUT2D eigenvalue weighted by atomic mass is 32.2. The van der Waals surface area contributed by atoms with E-state index in [2.05, 4.69) is 24.3 Å². The molecule has 0 aliphatic carbocycles. The summed E-state index contributed by atoms with van der Waals surface area (Å²) in [7, 11) is -0.274. The second-order valence-electron chi connectivity index (χ2n) is 9.33. The molecule has 0 saturated carbocycles. The van der Waals surface area contributed by atoms with Crippen molar-refractivity contribution in [3.63, 3.8) is 0 Å². The highest BCUT2D eigenvalue weighted by Gasteiger charge is 2.41. The van der Waals surface area contributed by atoms with Crippen LogP contribution in [0, 0.1) is 10.8 Å². The molecule has 0 bridgehead atoms. The van der Waals surface area contributed by atoms with E-state index in [0.29, 0.717) is 5.75 Å². The van der Waals surface area contributed by atoms with Crippen molar-refractivity contribution in [3.05, 3.63) is 84.9 Å². The Labute approximate surface area is 199 Å². The third-order valence-electron chi connectivity index (χ3n) is 5.96. The van der Waals surface area contributed by atoms with Gasteiger partial charge >= 0.3 is 11.9 Å². The number of carbonyl (C=O) groups excluding carboxylic acids is 2. The van der Waals surface area contributed by atoms with E-state index in [1.165, 1.54) is 9.79 Å². The van der Waals surface area contributed by atoms with Crippen LogP contribution in [0.5, 0.6) is 5.75 Å². The molecule has 3 aromatic carbocycles. The van der Waals surface area contributed by atoms with Gasteiger partial charge in [0.15, 0.2) is 21.3 Å². The Bertz CT molecular complexity index is 1030. The van der Waals surface area contributed by atoms with Gasteiger partial charge < -0.3 is 9.47 Å². The summed E-state index contributed by atoms with van der Waals surface area (Å²) < 4.78 is 10.6. The number of rotatable bonds is 7. The Morgan fingerprint density at radius 3 is 1.61 bits per heavy atom. The van der Waals surface area contributed by atoms with Crippen LogP contribution in [-0.4, -0.2) is 18.5 Å². The predicted molar refractivity (Wildman–Crippen MR) is 131 cm³/mol. The molecule has 0 heterocycles. The van der Waals surface area contributed by atoms with Crippen molar-refractivity contribution in [1.82, 2.24) is 0 Å². The predicted octanol–water partition coefficient (Wildman–Crippen LogP) is 6.30. The van der Waals surface area contributed by atoms with Gasteiger partial charge in [-0.05, 0) is 67.8 Å². The van der Waals surface area contributed by atoms with Crippen LogP contribution >= 0.6 is 0 Å². The number of hydrogen-bond donors (Lipinski definition) is 0. The molecular formula is C28H31O4S+. The maximum absolute atomic E-state index is 12.4. The highest BCUT2D eigenvalue weighted by molar-refractivity contribution is 7.97. The molecule has 0 atom stereocenters. The second kappa shape index (κ2) is 10.3. The average Bonchev–Trinajstić information content (AvgIpc) is 2.79. The van der Waals surface area contributed by atoms with E-state index >= 15 is 0 Å². The Morgan fingerprint density at radius 1 is 0.697 bits per heavy atom. The van der Waals surface area contributed by atoms with Gasteiger partial charge in [-0.1, -0.05) is 57.2 Å². The fourth-order valence-corrected chi connectivity index (χ4v) is 5.02. The summed E-state index contributed by atoms with van der Waals surface area (Å²) in [5.41, 5.74) is -1.02. The minimum Gasteiger partial charge on any atom is -0.453 e. The zero-order valence-corrected chi connectivity index (χ0v) is 20.6. The summed E-state index contributed by atoms with van der Waals surface area (Å²) in [6.07, 6.45) is 0. The van der Waals surface area contributed by atoms with Gasteiger partial charge in [-0.3, -0.25) is 4.79 Å². The molecule has 0 amide bonds. The molecule has 0 aliphatic rings. The molecule has 0 aromatic heterocycles. The average molecular weight is 464 g/mol. The van der Waals surface area contributed by atoms with E-state index in [4.69, 9.17) is 9.47 Å². The van der Waals surface area contributed by atoms with Gasteiger partial charge in [-0.15, -0.1) is 0 Å². The maximum atomic E-state index is 12.4. The fourth-order valence-electron chi connectivity index (χ4n) is 2.94. The van der Waals surface area contributed by atoms with Crippen LogP contribution < -0.4 is 4.74 Å². The Hall–Kier alpha value is -3.05. The van der Waals surface area contributed by atoms with E-state index in [0.717, 1.165) is 4.90 Å². The lowest BCUT2D eigenvalue weighted by Gasteiger charge is -2.35. The van der Waals surface area contributed by atoms with Gasteiger partial charge in [0, 0.05) is 0 Å². The lowest BCUT2D eigenvalue weighted by molar-refractivity contribution is -0.165. The van der Waals surface area contributed by atoms with Gasteiger partial charge in [0.05, 0.1) is 16.3 Å². The molecule has 3 aromatic rings. The first kappa shape index (κ1) is 24.6. The maximum Gasteiger partial charge on any atom is 0.349 e. The van der Waals surface area contributed by atoms with Crippen LogP contribution in [0.15, 0.2) is 99.6 Å². The Balaban J connectivity index is 1.69. The SMILES string of the molecule is CC(C)(C)C(C)(C)C(=O)OCC(=O)Oc1ccc([S+](c2ccccc2)c2ccccc2)cc1. The van der Waals surface area contributed by atoms with Gasteiger partial charge in [0.25, 0.3) is 0 Å². The van der Waals surface area contributed by atoms with Crippen molar-refractivity contribution < 1.29 is 19.1 Å². The summed E-state index contributed by atoms with van der Waals surface area (Å²) >= 11 is 0. The molecule has 5 heteroatoms. The van der Waals surface area contributed by atoms with E-state index < -0.39 is 24.0 Å². The van der Waals surface area contributed by atoms with Crippen LogP contribution in [0.1, 0.15) is 34.6 Å². The second-order valence-corrected chi connectivity index (χ2v) is 11.4. The van der Waals surface area contributed by atoms with Crippen molar-refractivity contribution in [2.45, 2.75) is 49.3 Å². The molecule has 0 fully saturated rings. The molecule has 172 valence electrons. The Kier molecular flexibility index (Phi) is 7.65. The van der Waals surface area contributed by atoms with Crippen molar-refractivity contribution in [1.29, 1.82) is 0 Å². The van der Waals surface area contributed by atoms with Crippen LogP contribution in [0.4, 0.5) is 0 Å². The van der Waals surface area contributed by atoms with Gasteiger partial charge in [0.2, 0.25) is 0 Å². The molecule has 0 aliphatic heterocycles. The highest BCUT2D eigenvalue weighted by Crippen LogP contribution is 2.38. The van der Waals surface area contributed by atoms with E-state index in [1.54, 1.807) is 12.1 Å². The summed E-state index contributed by atoms with van der Waals surface area (Å²) in [6, 6.07) is 28.2. The van der Waals surface area contributed by atoms with Crippen molar-refractivity contribution in [3.8, 4) is 5.75 Å². The Morgan fingerprint density at radius 2 is 1.15 bits per heavy atom. The third-order valence-corrected chi connectivity index (χ3v) is 8.19. The number of ether oxygens (including phenoxy) is 2. The van der Waals surface area contributed by atoms with Crippen molar-refractivity contribution in [2.75, 3.05) is 6.61 Å². The number of hydrogen-bond acceptors (Lipinski definition) is 4. The largest absolute Gasteiger partial charge is 0.453 e. The van der Waals surface area contributed by atoms with Crippen molar-refractivity contribution in [2.24, 2.45) is 10.8 Å². The van der Waals surface area contributed by atoms with Gasteiger partial charge in [0.1, 0.15) is 5.75 Å². The monoisotopic (exact) mass is 463 g/mol. The van der Waals surface area contributed by atoms with Crippen LogP contribution in [0.3, 0.4) is 0 Å². The lowest BCUT2D eigenvalue weighted by atomic mass is 9.69. The lowest BCUT2D eigenvalue weighted by Crippen LogP contribution is -2.39. The molecular weight excluding hydrogens is 432 g/mol. The van der Waals surface area contributed by atoms with E-state index in [9.17, 15) is 9.59 Å². The molecule has 0 N–H and O–H groups in total. The van der Waals surface area contributed by atoms with Crippen LogP contribution in [0.25, 0.3) is 0 Å². The zero-order chi connectivity index (χ0) is 24.1. The molecule has 0 spiro atoms. The van der Waals surface area contributed by atoms with Gasteiger partial charge in [-0.25, -0.2) is 4.79 Å². The summed E-state index contributed by atoms with van der Waals surface area (Å²) in [6.45, 7) is 9.11. The summed E-state index contributed by atoms with van der Waals surface area (Å²) in [5, 5.41) is 0. The fraction of sp³-hybridized carbons (Fsp3) is 0.286. The first-order chi connectivity index (χ1) is 15.6. The molecule has 3 rings (SSSR count). The quantitative estimate of drug-likeness (QED) is 0.234. The first-order valence-electron chi connectivity index (χ1n) is 10.9. The normalized spacial score (nSPS) is 11.8. The number of carbonyl (C=O) groups is 2. The molecule has 0 unspecified atom stereocenters. The molecule has 0 saturated heterocycles.